The number of aromatic hydroxyl groups is 2. The molecule has 0 atom stereocenters. The van der Waals surface area contributed by atoms with E-state index in [0.29, 0.717) is 0 Å². The smallest absolute Gasteiger partial charge is 0.435 e. The monoisotopic (exact) mass is 431 g/mol. The molecule has 3 rings (SSSR count). The number of benzene rings is 2. The zero-order valence-corrected chi connectivity index (χ0v) is 14.6. The van der Waals surface area contributed by atoms with Gasteiger partial charge in [-0.05, 0) is 42.5 Å². The van der Waals surface area contributed by atoms with Crippen molar-refractivity contribution in [3.05, 3.63) is 65.5 Å². The molecular formula is C18H11F6N3O3. The summed E-state index contributed by atoms with van der Waals surface area (Å²) in [6.45, 7) is 0. The van der Waals surface area contributed by atoms with Gasteiger partial charge in [0.25, 0.3) is 5.91 Å². The Morgan fingerprint density at radius 2 is 1.50 bits per heavy atom. The summed E-state index contributed by atoms with van der Waals surface area (Å²) in [4.78, 5) is 12.1. The summed E-state index contributed by atoms with van der Waals surface area (Å²) in [7, 11) is 0. The molecule has 0 aliphatic rings. The number of amides is 1. The molecule has 1 aromatic heterocycles. The van der Waals surface area contributed by atoms with Gasteiger partial charge in [0.05, 0.1) is 5.69 Å². The number of rotatable bonds is 3. The number of nitrogens with one attached hydrogen (secondary N) is 1. The van der Waals surface area contributed by atoms with Gasteiger partial charge in [-0.25, -0.2) is 4.68 Å². The molecule has 0 aliphatic carbocycles. The Hall–Kier alpha value is -3.70. The molecule has 6 nitrogen and oxygen atoms in total. The first kappa shape index (κ1) is 21.0. The van der Waals surface area contributed by atoms with Crippen LogP contribution in [0.2, 0.25) is 0 Å². The van der Waals surface area contributed by atoms with Crippen LogP contribution in [0.1, 0.15) is 21.7 Å². The number of carbonyl (C=O) groups is 1. The van der Waals surface area contributed by atoms with E-state index in [1.165, 1.54) is 18.2 Å². The number of hydrogen-bond donors (Lipinski definition) is 3. The largest absolute Gasteiger partial charge is 0.504 e. The molecule has 3 aromatic rings. The third kappa shape index (κ3) is 4.31. The number of anilines is 1. The highest BCUT2D eigenvalue weighted by atomic mass is 19.4. The van der Waals surface area contributed by atoms with Crippen molar-refractivity contribution in [2.45, 2.75) is 12.4 Å². The van der Waals surface area contributed by atoms with Crippen molar-refractivity contribution in [2.75, 3.05) is 5.32 Å². The quantitative estimate of drug-likeness (QED) is 0.419. The van der Waals surface area contributed by atoms with Gasteiger partial charge in [-0.3, -0.25) is 4.79 Å². The average molecular weight is 431 g/mol. The van der Waals surface area contributed by atoms with E-state index in [9.17, 15) is 41.4 Å². The summed E-state index contributed by atoms with van der Waals surface area (Å²) in [5.41, 5.74) is -3.51. The maximum atomic E-state index is 13.1. The van der Waals surface area contributed by atoms with Gasteiger partial charge >= 0.3 is 12.4 Å². The number of alkyl halides is 6. The predicted octanol–water partition coefficient (Wildman–Crippen LogP) is 4.57. The molecule has 0 radical (unpaired) electrons. The highest BCUT2D eigenvalue weighted by Crippen LogP contribution is 2.36. The van der Waals surface area contributed by atoms with Crippen molar-refractivity contribution in [1.82, 2.24) is 9.78 Å². The molecule has 30 heavy (non-hydrogen) atoms. The summed E-state index contributed by atoms with van der Waals surface area (Å²) in [6.07, 6.45) is -10.1. The van der Waals surface area contributed by atoms with Gasteiger partial charge in [0, 0.05) is 17.3 Å². The summed E-state index contributed by atoms with van der Waals surface area (Å²) >= 11 is 0. The molecule has 2 aromatic carbocycles. The first-order valence-corrected chi connectivity index (χ1v) is 8.04. The number of hydrogen-bond acceptors (Lipinski definition) is 4. The van der Waals surface area contributed by atoms with Crippen LogP contribution in [-0.2, 0) is 12.4 Å². The van der Waals surface area contributed by atoms with Crippen LogP contribution in [0, 0.1) is 0 Å². The SMILES string of the molecule is O=C(Nc1ccc(-n2nc(C(F)(F)F)cc2C(F)(F)F)cc1)c1ccc(O)c(O)c1. The second-order valence-electron chi connectivity index (χ2n) is 6.03. The lowest BCUT2D eigenvalue weighted by Gasteiger charge is -2.11. The molecule has 12 heteroatoms. The van der Waals surface area contributed by atoms with E-state index in [1.807, 2.05) is 0 Å². The Morgan fingerprint density at radius 3 is 2.03 bits per heavy atom. The van der Waals surface area contributed by atoms with Gasteiger partial charge < -0.3 is 15.5 Å². The van der Waals surface area contributed by atoms with Gasteiger partial charge in [-0.15, -0.1) is 0 Å². The third-order valence-corrected chi connectivity index (χ3v) is 3.90. The van der Waals surface area contributed by atoms with Crippen LogP contribution in [0.5, 0.6) is 11.5 Å². The normalized spacial score (nSPS) is 12.1. The second-order valence-corrected chi connectivity index (χ2v) is 6.03. The van der Waals surface area contributed by atoms with Crippen molar-refractivity contribution in [3.8, 4) is 17.2 Å². The van der Waals surface area contributed by atoms with E-state index in [0.717, 1.165) is 24.3 Å². The first-order valence-electron chi connectivity index (χ1n) is 8.04. The Labute approximate surface area is 164 Å². The minimum absolute atomic E-state index is 0.0179. The molecule has 158 valence electrons. The lowest BCUT2D eigenvalue weighted by atomic mass is 10.2. The zero-order chi connectivity index (χ0) is 22.3. The van der Waals surface area contributed by atoms with Gasteiger partial charge in [-0.1, -0.05) is 0 Å². The number of carbonyl (C=O) groups excluding carboxylic acids is 1. The lowest BCUT2D eigenvalue weighted by Crippen LogP contribution is -2.14. The average Bonchev–Trinajstić information content (AvgIpc) is 3.11. The molecule has 0 spiro atoms. The maximum Gasteiger partial charge on any atom is 0.435 e. The van der Waals surface area contributed by atoms with Crippen LogP contribution >= 0.6 is 0 Å². The standard InChI is InChI=1S/C18H11F6N3O3/c19-17(20,21)14-8-15(18(22,23)24)27(26-14)11-4-2-10(3-5-11)25-16(30)9-1-6-12(28)13(29)7-9/h1-8,28-29H,(H,25,30). The Balaban J connectivity index is 1.88. The second kappa shape index (κ2) is 7.28. The van der Waals surface area contributed by atoms with E-state index in [-0.39, 0.29) is 27.7 Å². The Bertz CT molecular complexity index is 1090. The molecule has 0 fully saturated rings. The Kier molecular flexibility index (Phi) is 5.10. The van der Waals surface area contributed by atoms with Crippen LogP contribution in [0.4, 0.5) is 32.0 Å². The van der Waals surface area contributed by atoms with Crippen molar-refractivity contribution in [3.63, 3.8) is 0 Å². The minimum atomic E-state index is -5.08. The lowest BCUT2D eigenvalue weighted by molar-refractivity contribution is -0.143. The highest BCUT2D eigenvalue weighted by Gasteiger charge is 2.42. The van der Waals surface area contributed by atoms with E-state index < -0.39 is 41.1 Å². The van der Waals surface area contributed by atoms with Crippen LogP contribution < -0.4 is 5.32 Å². The van der Waals surface area contributed by atoms with Crippen LogP contribution in [0.3, 0.4) is 0 Å². The fourth-order valence-electron chi connectivity index (χ4n) is 2.47. The highest BCUT2D eigenvalue weighted by molar-refractivity contribution is 6.04. The van der Waals surface area contributed by atoms with Gasteiger partial charge in [0.1, 0.15) is 5.69 Å². The first-order chi connectivity index (χ1) is 13.9. The predicted molar refractivity (Wildman–Crippen MR) is 91.3 cm³/mol. The zero-order valence-electron chi connectivity index (χ0n) is 14.6. The van der Waals surface area contributed by atoms with Crippen molar-refractivity contribution < 1.29 is 41.4 Å². The van der Waals surface area contributed by atoms with Gasteiger partial charge in [-0.2, -0.15) is 31.4 Å². The van der Waals surface area contributed by atoms with Crippen LogP contribution in [-0.4, -0.2) is 25.9 Å². The van der Waals surface area contributed by atoms with E-state index in [2.05, 4.69) is 10.4 Å². The molecule has 1 heterocycles. The molecule has 0 unspecified atom stereocenters. The molecule has 0 bridgehead atoms. The van der Waals surface area contributed by atoms with E-state index >= 15 is 0 Å². The minimum Gasteiger partial charge on any atom is -0.504 e. The van der Waals surface area contributed by atoms with Crippen LogP contribution in [0.15, 0.2) is 48.5 Å². The molecule has 3 N–H and O–H groups in total. The number of halogens is 6. The molecule has 0 saturated heterocycles. The van der Waals surface area contributed by atoms with E-state index in [1.54, 1.807) is 0 Å². The summed E-state index contributed by atoms with van der Waals surface area (Å²) in [5, 5.41) is 24.1. The topological polar surface area (TPSA) is 87.4 Å². The summed E-state index contributed by atoms with van der Waals surface area (Å²) in [5.74, 6) is -1.67. The van der Waals surface area contributed by atoms with Gasteiger partial charge in [0.15, 0.2) is 17.2 Å². The number of phenols is 2. The molecule has 0 saturated carbocycles. The summed E-state index contributed by atoms with van der Waals surface area (Å²) < 4.78 is 77.8. The third-order valence-electron chi connectivity index (χ3n) is 3.90. The number of aromatic nitrogens is 2. The van der Waals surface area contributed by atoms with Crippen LogP contribution in [0.25, 0.3) is 5.69 Å². The van der Waals surface area contributed by atoms with Crippen molar-refractivity contribution in [1.29, 1.82) is 0 Å². The fourth-order valence-corrected chi connectivity index (χ4v) is 2.47. The van der Waals surface area contributed by atoms with E-state index in [4.69, 9.17) is 0 Å². The van der Waals surface area contributed by atoms with Gasteiger partial charge in [0.2, 0.25) is 0 Å². The molecular weight excluding hydrogens is 420 g/mol. The number of phenolic OH excluding ortho intramolecular Hbond substituents is 2. The van der Waals surface area contributed by atoms with Crippen molar-refractivity contribution in [2.24, 2.45) is 0 Å². The number of nitrogens with zero attached hydrogens (tertiary/aromatic N) is 2. The fraction of sp³-hybridized carbons (Fsp3) is 0.111. The summed E-state index contributed by atoms with van der Waals surface area (Å²) in [6, 6.07) is 7.65. The molecule has 1 amide bonds. The molecule has 0 aliphatic heterocycles. The maximum absolute atomic E-state index is 13.1. The van der Waals surface area contributed by atoms with Crippen molar-refractivity contribution >= 4 is 11.6 Å². The Morgan fingerprint density at radius 1 is 0.867 bits per heavy atom.